The molecule has 0 radical (unpaired) electrons. The molecular formula is C13H17FN2O4S. The maximum absolute atomic E-state index is 14.1. The number of carbonyl (C=O) groups is 1. The summed E-state index contributed by atoms with van der Waals surface area (Å²) in [5.74, 6) is -1.12. The van der Waals surface area contributed by atoms with E-state index in [0.717, 1.165) is 12.5 Å². The van der Waals surface area contributed by atoms with Gasteiger partial charge in [0, 0.05) is 6.54 Å². The van der Waals surface area contributed by atoms with Gasteiger partial charge in [-0.2, -0.15) is 0 Å². The van der Waals surface area contributed by atoms with Crippen molar-refractivity contribution in [3.05, 3.63) is 24.0 Å². The highest BCUT2D eigenvalue weighted by Gasteiger charge is 2.33. The summed E-state index contributed by atoms with van der Waals surface area (Å²) in [4.78, 5) is 13.2. The molecule has 1 unspecified atom stereocenters. The van der Waals surface area contributed by atoms with Crippen LogP contribution in [0.4, 0.5) is 10.1 Å². The largest absolute Gasteiger partial charge is 0.464 e. The molecule has 6 nitrogen and oxygen atoms in total. The summed E-state index contributed by atoms with van der Waals surface area (Å²) in [6.45, 7) is 2.48. The predicted molar refractivity (Wildman–Crippen MR) is 74.8 cm³/mol. The monoisotopic (exact) mass is 316 g/mol. The summed E-state index contributed by atoms with van der Waals surface area (Å²) in [6, 6.07) is 2.88. The van der Waals surface area contributed by atoms with E-state index in [1.165, 1.54) is 12.1 Å². The van der Waals surface area contributed by atoms with Crippen LogP contribution >= 0.6 is 0 Å². The van der Waals surface area contributed by atoms with Crippen LogP contribution in [0.25, 0.3) is 0 Å². The van der Waals surface area contributed by atoms with Crippen molar-refractivity contribution < 1.29 is 22.3 Å². The summed E-state index contributed by atoms with van der Waals surface area (Å²) >= 11 is 0. The maximum Gasteiger partial charge on any atom is 0.328 e. The molecule has 0 spiro atoms. The minimum atomic E-state index is -3.95. The molecule has 1 aromatic rings. The number of rotatable bonds is 4. The zero-order valence-electron chi connectivity index (χ0n) is 11.6. The first-order valence-corrected chi connectivity index (χ1v) is 8.15. The third-order valence-corrected chi connectivity index (χ3v) is 4.28. The van der Waals surface area contributed by atoms with Gasteiger partial charge in [-0.1, -0.05) is 0 Å². The Bertz CT molecular complexity index is 648. The van der Waals surface area contributed by atoms with Crippen LogP contribution in [0.1, 0.15) is 19.8 Å². The van der Waals surface area contributed by atoms with Gasteiger partial charge in [-0.05, 0) is 38.0 Å². The number of halogens is 1. The fourth-order valence-corrected chi connectivity index (χ4v) is 2.96. The highest BCUT2D eigenvalue weighted by molar-refractivity contribution is 7.89. The Balaban J connectivity index is 2.31. The molecule has 1 saturated heterocycles. The van der Waals surface area contributed by atoms with Crippen LogP contribution in [0.2, 0.25) is 0 Å². The van der Waals surface area contributed by atoms with Crippen molar-refractivity contribution >= 4 is 21.7 Å². The van der Waals surface area contributed by atoms with Crippen molar-refractivity contribution in [1.82, 2.24) is 0 Å². The van der Waals surface area contributed by atoms with E-state index in [1.807, 2.05) is 0 Å². The van der Waals surface area contributed by atoms with Crippen LogP contribution in [-0.2, 0) is 19.6 Å². The van der Waals surface area contributed by atoms with Crippen LogP contribution in [0.3, 0.4) is 0 Å². The average Bonchev–Trinajstić information content (AvgIpc) is 2.86. The number of anilines is 1. The Morgan fingerprint density at radius 1 is 1.52 bits per heavy atom. The molecule has 1 atom stereocenters. The van der Waals surface area contributed by atoms with E-state index in [-0.39, 0.29) is 17.2 Å². The molecule has 116 valence electrons. The molecule has 1 aliphatic heterocycles. The number of nitrogens with two attached hydrogens (primary N) is 1. The normalized spacial score (nSPS) is 18.8. The van der Waals surface area contributed by atoms with E-state index >= 15 is 0 Å². The lowest BCUT2D eigenvalue weighted by molar-refractivity contribution is -0.144. The third kappa shape index (κ3) is 3.33. The van der Waals surface area contributed by atoms with Crippen LogP contribution < -0.4 is 10.0 Å². The highest BCUT2D eigenvalue weighted by atomic mass is 32.2. The fraction of sp³-hybridized carbons (Fsp3) is 0.462. The average molecular weight is 316 g/mol. The van der Waals surface area contributed by atoms with Crippen molar-refractivity contribution in [3.63, 3.8) is 0 Å². The lowest BCUT2D eigenvalue weighted by Gasteiger charge is -2.25. The molecule has 21 heavy (non-hydrogen) atoms. The molecule has 1 aliphatic rings. The minimum Gasteiger partial charge on any atom is -0.464 e. The SMILES string of the molecule is CCOC(=O)C1CCCN1c1ccc(S(N)(=O)=O)cc1F. The van der Waals surface area contributed by atoms with E-state index in [4.69, 9.17) is 9.88 Å². The number of carbonyl (C=O) groups excluding carboxylic acids is 1. The number of esters is 1. The molecule has 1 fully saturated rings. The first kappa shape index (κ1) is 15.7. The number of ether oxygens (including phenoxy) is 1. The zero-order chi connectivity index (χ0) is 15.6. The summed E-state index contributed by atoms with van der Waals surface area (Å²) in [7, 11) is -3.95. The number of benzene rings is 1. The molecule has 2 N–H and O–H groups in total. The van der Waals surface area contributed by atoms with Crippen LogP contribution in [-0.4, -0.2) is 33.6 Å². The summed E-state index contributed by atoms with van der Waals surface area (Å²) in [6.07, 6.45) is 1.31. The first-order valence-electron chi connectivity index (χ1n) is 6.60. The van der Waals surface area contributed by atoms with Crippen LogP contribution in [0.15, 0.2) is 23.1 Å². The second-order valence-electron chi connectivity index (χ2n) is 4.76. The number of nitrogens with zero attached hydrogens (tertiary/aromatic N) is 1. The zero-order valence-corrected chi connectivity index (χ0v) is 12.4. The Labute approximate surface area is 122 Å². The van der Waals surface area contributed by atoms with Crippen molar-refractivity contribution in [2.24, 2.45) is 5.14 Å². The van der Waals surface area contributed by atoms with Gasteiger partial charge in [-0.3, -0.25) is 0 Å². The van der Waals surface area contributed by atoms with Gasteiger partial charge in [0.2, 0.25) is 10.0 Å². The standard InChI is InChI=1S/C13H17FN2O4S/c1-2-20-13(17)12-4-3-7-16(12)11-6-5-9(8-10(11)14)21(15,18)19/h5-6,8,12H,2-4,7H2,1H3,(H2,15,18,19). The van der Waals surface area contributed by atoms with E-state index in [1.54, 1.807) is 11.8 Å². The fourth-order valence-electron chi connectivity index (χ4n) is 2.44. The highest BCUT2D eigenvalue weighted by Crippen LogP contribution is 2.29. The Morgan fingerprint density at radius 2 is 2.24 bits per heavy atom. The van der Waals surface area contributed by atoms with Gasteiger partial charge in [-0.25, -0.2) is 22.7 Å². The van der Waals surface area contributed by atoms with Gasteiger partial charge < -0.3 is 9.64 Å². The summed E-state index contributed by atoms with van der Waals surface area (Å²) in [5.41, 5.74) is 0.179. The molecular weight excluding hydrogens is 299 g/mol. The quantitative estimate of drug-likeness (QED) is 0.837. The van der Waals surface area contributed by atoms with Gasteiger partial charge in [0.1, 0.15) is 11.9 Å². The number of hydrogen-bond acceptors (Lipinski definition) is 5. The van der Waals surface area contributed by atoms with E-state index < -0.39 is 27.9 Å². The summed E-state index contributed by atoms with van der Waals surface area (Å²) in [5, 5.41) is 4.96. The van der Waals surface area contributed by atoms with Crippen molar-refractivity contribution in [2.45, 2.75) is 30.7 Å². The first-order chi connectivity index (χ1) is 9.84. The Morgan fingerprint density at radius 3 is 2.81 bits per heavy atom. The molecule has 0 aromatic heterocycles. The van der Waals surface area contributed by atoms with E-state index in [2.05, 4.69) is 0 Å². The third-order valence-electron chi connectivity index (χ3n) is 3.37. The molecule has 1 heterocycles. The molecule has 8 heteroatoms. The smallest absolute Gasteiger partial charge is 0.328 e. The van der Waals surface area contributed by atoms with Gasteiger partial charge in [0.15, 0.2) is 0 Å². The van der Waals surface area contributed by atoms with Gasteiger partial charge in [0.05, 0.1) is 17.2 Å². The lowest BCUT2D eigenvalue weighted by atomic mass is 10.2. The number of sulfonamides is 1. The Hall–Kier alpha value is -1.67. The Kier molecular flexibility index (Phi) is 4.48. The van der Waals surface area contributed by atoms with Gasteiger partial charge in [-0.15, -0.1) is 0 Å². The second kappa shape index (κ2) is 5.98. The van der Waals surface area contributed by atoms with Crippen LogP contribution in [0, 0.1) is 5.82 Å². The van der Waals surface area contributed by atoms with Gasteiger partial charge >= 0.3 is 5.97 Å². The minimum absolute atomic E-state index is 0.179. The topological polar surface area (TPSA) is 89.7 Å². The number of hydrogen-bond donors (Lipinski definition) is 1. The molecule has 0 amide bonds. The maximum atomic E-state index is 14.1. The number of primary sulfonamides is 1. The molecule has 0 saturated carbocycles. The second-order valence-corrected chi connectivity index (χ2v) is 6.32. The van der Waals surface area contributed by atoms with Crippen molar-refractivity contribution in [3.8, 4) is 0 Å². The van der Waals surface area contributed by atoms with Gasteiger partial charge in [0.25, 0.3) is 0 Å². The molecule has 2 rings (SSSR count). The van der Waals surface area contributed by atoms with E-state index in [9.17, 15) is 17.6 Å². The van der Waals surface area contributed by atoms with Crippen molar-refractivity contribution in [1.29, 1.82) is 0 Å². The lowest BCUT2D eigenvalue weighted by Crippen LogP contribution is -2.37. The molecule has 1 aromatic carbocycles. The van der Waals surface area contributed by atoms with Crippen molar-refractivity contribution in [2.75, 3.05) is 18.1 Å². The molecule has 0 aliphatic carbocycles. The summed E-state index contributed by atoms with van der Waals surface area (Å²) < 4.78 is 41.5. The predicted octanol–water partition coefficient (Wildman–Crippen LogP) is 1.01. The van der Waals surface area contributed by atoms with E-state index in [0.29, 0.717) is 13.0 Å². The molecule has 0 bridgehead atoms. The van der Waals surface area contributed by atoms with Crippen LogP contribution in [0.5, 0.6) is 0 Å².